The van der Waals surface area contributed by atoms with Gasteiger partial charge in [0.15, 0.2) is 0 Å². The minimum absolute atomic E-state index is 0.0431. The summed E-state index contributed by atoms with van der Waals surface area (Å²) in [5.41, 5.74) is -0.211. The zero-order valence-electron chi connectivity index (χ0n) is 14.0. The molecule has 0 spiro atoms. The fourth-order valence-corrected chi connectivity index (χ4v) is 2.55. The van der Waals surface area contributed by atoms with Crippen LogP contribution in [0.5, 0.6) is 0 Å². The Morgan fingerprint density at radius 1 is 0.852 bits per heavy atom. The van der Waals surface area contributed by atoms with Gasteiger partial charge in [-0.2, -0.15) is 13.2 Å². The quantitative estimate of drug-likeness (QED) is 0.720. The number of halogens is 3. The summed E-state index contributed by atoms with van der Waals surface area (Å²) in [6.07, 6.45) is -4.46. The number of nitrogens with one attached hydrogen (secondary N) is 2. The summed E-state index contributed by atoms with van der Waals surface area (Å²) in [5, 5.41) is 7.05. The van der Waals surface area contributed by atoms with E-state index in [1.54, 1.807) is 6.07 Å². The van der Waals surface area contributed by atoms with E-state index in [1.807, 2.05) is 36.4 Å². The predicted molar refractivity (Wildman–Crippen MR) is 96.4 cm³/mol. The van der Waals surface area contributed by atoms with Crippen molar-refractivity contribution >= 4 is 28.3 Å². The number of carbonyl (C=O) groups excluding carboxylic acids is 2. The number of hydrogen-bond acceptors (Lipinski definition) is 2. The maximum absolute atomic E-state index is 12.5. The van der Waals surface area contributed by atoms with Gasteiger partial charge in [-0.25, -0.2) is 0 Å². The molecule has 0 radical (unpaired) electrons. The molecule has 0 heterocycles. The number of alkyl halides is 3. The number of anilines is 1. The van der Waals surface area contributed by atoms with Gasteiger partial charge in [0.1, 0.15) is 0 Å². The number of carbonyl (C=O) groups is 2. The molecule has 7 heteroatoms. The summed E-state index contributed by atoms with van der Waals surface area (Å²) < 4.78 is 37.6. The van der Waals surface area contributed by atoms with E-state index >= 15 is 0 Å². The van der Waals surface area contributed by atoms with E-state index in [9.17, 15) is 22.8 Å². The van der Waals surface area contributed by atoms with Crippen LogP contribution in [0.25, 0.3) is 10.8 Å². The van der Waals surface area contributed by atoms with Crippen molar-refractivity contribution in [2.24, 2.45) is 0 Å². The first kappa shape index (κ1) is 18.4. The van der Waals surface area contributed by atoms with Gasteiger partial charge < -0.3 is 10.6 Å². The SMILES string of the molecule is O=C(CNC(=O)c1ccc(C(F)(F)F)cc1)Nc1ccc2ccccc2c1. The third-order valence-electron chi connectivity index (χ3n) is 3.92. The highest BCUT2D eigenvalue weighted by Gasteiger charge is 2.30. The van der Waals surface area contributed by atoms with Crippen molar-refractivity contribution in [3.05, 3.63) is 77.9 Å². The lowest BCUT2D eigenvalue weighted by Gasteiger charge is -2.09. The second-order valence-corrected chi connectivity index (χ2v) is 5.87. The first-order valence-corrected chi connectivity index (χ1v) is 8.07. The number of hydrogen-bond donors (Lipinski definition) is 2. The zero-order chi connectivity index (χ0) is 19.4. The van der Waals surface area contributed by atoms with E-state index in [4.69, 9.17) is 0 Å². The molecule has 0 aliphatic heterocycles. The lowest BCUT2D eigenvalue weighted by atomic mass is 10.1. The van der Waals surface area contributed by atoms with Gasteiger partial charge in [-0.3, -0.25) is 9.59 Å². The standard InChI is InChI=1S/C20H15F3N2O2/c21-20(22,23)16-8-5-14(6-9-16)19(27)24-12-18(26)25-17-10-7-13-3-1-2-4-15(13)11-17/h1-11H,12H2,(H,24,27)(H,25,26). The molecule has 0 saturated heterocycles. The van der Waals surface area contributed by atoms with E-state index in [-0.39, 0.29) is 12.1 Å². The highest BCUT2D eigenvalue weighted by molar-refractivity contribution is 6.00. The molecule has 2 amide bonds. The van der Waals surface area contributed by atoms with Crippen LogP contribution >= 0.6 is 0 Å². The van der Waals surface area contributed by atoms with Gasteiger partial charge in [0.2, 0.25) is 5.91 Å². The first-order valence-electron chi connectivity index (χ1n) is 8.07. The molecule has 138 valence electrons. The third kappa shape index (κ3) is 4.63. The van der Waals surface area contributed by atoms with Crippen LogP contribution in [0.1, 0.15) is 15.9 Å². The third-order valence-corrected chi connectivity index (χ3v) is 3.92. The highest BCUT2D eigenvalue weighted by atomic mass is 19.4. The Labute approximate surface area is 153 Å². The van der Waals surface area contributed by atoms with Crippen LogP contribution in [0.2, 0.25) is 0 Å². The Bertz CT molecular complexity index is 982. The van der Waals surface area contributed by atoms with Gasteiger partial charge in [-0.15, -0.1) is 0 Å². The second-order valence-electron chi connectivity index (χ2n) is 5.87. The molecule has 2 N–H and O–H groups in total. The molecule has 3 aromatic rings. The van der Waals surface area contributed by atoms with Crippen LogP contribution in [0.3, 0.4) is 0 Å². The minimum atomic E-state index is -4.46. The molecule has 0 fully saturated rings. The van der Waals surface area contributed by atoms with E-state index in [0.717, 1.165) is 35.0 Å². The Morgan fingerprint density at radius 3 is 2.19 bits per heavy atom. The van der Waals surface area contributed by atoms with Crippen molar-refractivity contribution in [3.8, 4) is 0 Å². The van der Waals surface area contributed by atoms with Gasteiger partial charge in [-0.05, 0) is 47.2 Å². The molecule has 0 atom stereocenters. The van der Waals surface area contributed by atoms with Crippen LogP contribution in [-0.2, 0) is 11.0 Å². The van der Waals surface area contributed by atoms with Crippen molar-refractivity contribution in [2.75, 3.05) is 11.9 Å². The topological polar surface area (TPSA) is 58.2 Å². The summed E-state index contributed by atoms with van der Waals surface area (Å²) in [7, 11) is 0. The maximum atomic E-state index is 12.5. The summed E-state index contributed by atoms with van der Waals surface area (Å²) in [5.74, 6) is -1.07. The molecule has 3 aromatic carbocycles. The summed E-state index contributed by atoms with van der Waals surface area (Å²) in [4.78, 5) is 24.0. The van der Waals surface area contributed by atoms with Crippen LogP contribution in [0, 0.1) is 0 Å². The Balaban J connectivity index is 1.57. The van der Waals surface area contributed by atoms with Crippen molar-refractivity contribution in [3.63, 3.8) is 0 Å². The molecule has 0 aromatic heterocycles. The molecule has 0 aliphatic rings. The van der Waals surface area contributed by atoms with E-state index < -0.39 is 23.6 Å². The monoisotopic (exact) mass is 372 g/mol. The van der Waals surface area contributed by atoms with E-state index in [1.165, 1.54) is 0 Å². The lowest BCUT2D eigenvalue weighted by molar-refractivity contribution is -0.137. The number of amides is 2. The molecule has 0 unspecified atom stereocenters. The van der Waals surface area contributed by atoms with E-state index in [2.05, 4.69) is 10.6 Å². The molecule has 4 nitrogen and oxygen atoms in total. The van der Waals surface area contributed by atoms with Gasteiger partial charge >= 0.3 is 6.18 Å². The summed E-state index contributed by atoms with van der Waals surface area (Å²) >= 11 is 0. The average Bonchev–Trinajstić information content (AvgIpc) is 2.65. The van der Waals surface area contributed by atoms with Crippen LogP contribution in [0.15, 0.2) is 66.7 Å². The fraction of sp³-hybridized carbons (Fsp3) is 0.100. The van der Waals surface area contributed by atoms with Crippen LogP contribution in [-0.4, -0.2) is 18.4 Å². The lowest BCUT2D eigenvalue weighted by Crippen LogP contribution is -2.32. The molecule has 0 saturated carbocycles. The Hall–Kier alpha value is -3.35. The molecule has 0 bridgehead atoms. The van der Waals surface area contributed by atoms with Crippen molar-refractivity contribution in [1.29, 1.82) is 0 Å². The molecule has 3 rings (SSSR count). The molecule has 0 aliphatic carbocycles. The second kappa shape index (κ2) is 7.49. The van der Waals surface area contributed by atoms with Crippen molar-refractivity contribution < 1.29 is 22.8 Å². The summed E-state index contributed by atoms with van der Waals surface area (Å²) in [6, 6.07) is 16.9. The van der Waals surface area contributed by atoms with Gasteiger partial charge in [0.05, 0.1) is 12.1 Å². The van der Waals surface area contributed by atoms with Gasteiger partial charge in [-0.1, -0.05) is 30.3 Å². The fourth-order valence-electron chi connectivity index (χ4n) is 2.55. The number of benzene rings is 3. The van der Waals surface area contributed by atoms with Gasteiger partial charge in [0.25, 0.3) is 5.91 Å². The molecular formula is C20H15F3N2O2. The average molecular weight is 372 g/mol. The first-order chi connectivity index (χ1) is 12.8. The smallest absolute Gasteiger partial charge is 0.343 e. The Morgan fingerprint density at radius 2 is 1.52 bits per heavy atom. The Kier molecular flexibility index (Phi) is 5.12. The van der Waals surface area contributed by atoms with Crippen LogP contribution in [0.4, 0.5) is 18.9 Å². The largest absolute Gasteiger partial charge is 0.416 e. The van der Waals surface area contributed by atoms with E-state index in [0.29, 0.717) is 5.69 Å². The van der Waals surface area contributed by atoms with Gasteiger partial charge in [0, 0.05) is 11.3 Å². The zero-order valence-corrected chi connectivity index (χ0v) is 14.0. The molecule has 27 heavy (non-hydrogen) atoms. The minimum Gasteiger partial charge on any atom is -0.343 e. The molecular weight excluding hydrogens is 357 g/mol. The highest BCUT2D eigenvalue weighted by Crippen LogP contribution is 2.29. The van der Waals surface area contributed by atoms with Crippen molar-refractivity contribution in [2.45, 2.75) is 6.18 Å². The van der Waals surface area contributed by atoms with Crippen LogP contribution < -0.4 is 10.6 Å². The predicted octanol–water partition coefficient (Wildman–Crippen LogP) is 4.23. The normalized spacial score (nSPS) is 11.2. The number of fused-ring (bicyclic) bond motifs is 1. The maximum Gasteiger partial charge on any atom is 0.416 e. The number of rotatable bonds is 4. The summed E-state index contributed by atoms with van der Waals surface area (Å²) in [6.45, 7) is -0.299. The van der Waals surface area contributed by atoms with Crippen molar-refractivity contribution in [1.82, 2.24) is 5.32 Å².